The van der Waals surface area contributed by atoms with E-state index in [1.807, 2.05) is 28.9 Å². The number of anilines is 1. The van der Waals surface area contributed by atoms with Crippen molar-refractivity contribution in [2.45, 2.75) is 24.1 Å². The van der Waals surface area contributed by atoms with E-state index in [1.54, 1.807) is 7.11 Å². The molecule has 2 aliphatic rings. The van der Waals surface area contributed by atoms with Gasteiger partial charge in [-0.05, 0) is 18.9 Å². The molecule has 1 atom stereocenters. The Labute approximate surface area is 155 Å². The fourth-order valence-electron chi connectivity index (χ4n) is 3.59. The Morgan fingerprint density at radius 2 is 2.00 bits per heavy atom. The monoisotopic (exact) mass is 375 g/mol. The number of carbonyl (C=O) groups excluding carboxylic acids is 1. The predicted octanol–water partition coefficient (Wildman–Crippen LogP) is 2.31. The summed E-state index contributed by atoms with van der Waals surface area (Å²) in [6, 6.07) is 7.75. The first kappa shape index (κ1) is 17.2. The number of methoxy groups -OCH3 is 1. The van der Waals surface area contributed by atoms with E-state index < -0.39 is 0 Å². The van der Waals surface area contributed by atoms with Crippen LogP contribution in [0.5, 0.6) is 5.75 Å². The van der Waals surface area contributed by atoms with Crippen LogP contribution in [-0.2, 0) is 9.53 Å². The molecule has 2 N–H and O–H groups in total. The number of benzene rings is 1. The third kappa shape index (κ3) is 3.03. The molecule has 3 heterocycles. The lowest BCUT2D eigenvalue weighted by atomic mass is 10.0. The maximum absolute atomic E-state index is 12.9. The molecular formula is C18H21N3O4S. The number of aromatic nitrogens is 2. The molecule has 2 aromatic rings. The SMILES string of the molecule is COc1ccccc1[C@H]1SCC(=O)Nc2c1c(=O)[nH]n2C1CCOCC1. The van der Waals surface area contributed by atoms with E-state index in [1.165, 1.54) is 11.8 Å². The topological polar surface area (TPSA) is 85.4 Å². The minimum atomic E-state index is -0.273. The summed E-state index contributed by atoms with van der Waals surface area (Å²) in [6.07, 6.45) is 1.61. The molecule has 1 saturated heterocycles. The van der Waals surface area contributed by atoms with Gasteiger partial charge in [0.05, 0.1) is 29.7 Å². The summed E-state index contributed by atoms with van der Waals surface area (Å²) in [6.45, 7) is 1.30. The first-order valence-electron chi connectivity index (χ1n) is 8.65. The molecule has 1 amide bonds. The number of H-pyrrole nitrogens is 1. The number of thioether (sulfide) groups is 1. The smallest absolute Gasteiger partial charge is 0.270 e. The van der Waals surface area contributed by atoms with E-state index in [2.05, 4.69) is 10.4 Å². The van der Waals surface area contributed by atoms with Crippen LogP contribution in [0.25, 0.3) is 0 Å². The molecule has 1 fully saturated rings. The van der Waals surface area contributed by atoms with Crippen LogP contribution in [0, 0.1) is 0 Å². The number of amides is 1. The second kappa shape index (κ2) is 7.20. The summed E-state index contributed by atoms with van der Waals surface area (Å²) < 4.78 is 12.7. The molecule has 4 rings (SSSR count). The average Bonchev–Trinajstić information content (AvgIpc) is 2.88. The minimum absolute atomic E-state index is 0.103. The summed E-state index contributed by atoms with van der Waals surface area (Å²) in [7, 11) is 1.61. The number of nitrogens with zero attached hydrogens (tertiary/aromatic N) is 1. The molecular weight excluding hydrogens is 354 g/mol. The fraction of sp³-hybridized carbons (Fsp3) is 0.444. The summed E-state index contributed by atoms with van der Waals surface area (Å²) in [4.78, 5) is 25.2. The van der Waals surface area contributed by atoms with Gasteiger partial charge in [0, 0.05) is 18.8 Å². The van der Waals surface area contributed by atoms with Crippen molar-refractivity contribution in [2.75, 3.05) is 31.4 Å². The van der Waals surface area contributed by atoms with Gasteiger partial charge in [-0.3, -0.25) is 19.4 Å². The lowest BCUT2D eigenvalue weighted by molar-refractivity contribution is -0.113. The highest BCUT2D eigenvalue weighted by Gasteiger charge is 2.33. The van der Waals surface area contributed by atoms with Gasteiger partial charge in [0.15, 0.2) is 0 Å². The van der Waals surface area contributed by atoms with Crippen molar-refractivity contribution in [3.05, 3.63) is 45.7 Å². The molecule has 0 saturated carbocycles. The lowest BCUT2D eigenvalue weighted by Gasteiger charge is -2.25. The van der Waals surface area contributed by atoms with Gasteiger partial charge in [-0.15, -0.1) is 11.8 Å². The maximum atomic E-state index is 12.9. The van der Waals surface area contributed by atoms with E-state index in [0.717, 1.165) is 18.4 Å². The van der Waals surface area contributed by atoms with Gasteiger partial charge < -0.3 is 14.8 Å². The van der Waals surface area contributed by atoms with Crippen LogP contribution in [-0.4, -0.2) is 41.8 Å². The molecule has 7 nitrogen and oxygen atoms in total. The minimum Gasteiger partial charge on any atom is -0.496 e. The number of carbonyl (C=O) groups is 1. The van der Waals surface area contributed by atoms with Crippen molar-refractivity contribution in [3.63, 3.8) is 0 Å². The number of ether oxygens (including phenoxy) is 2. The highest BCUT2D eigenvalue weighted by Crippen LogP contribution is 2.43. The number of para-hydroxylation sites is 1. The number of fused-ring (bicyclic) bond motifs is 1. The van der Waals surface area contributed by atoms with E-state index in [-0.39, 0.29) is 28.5 Å². The fourth-order valence-corrected chi connectivity index (χ4v) is 4.74. The Morgan fingerprint density at radius 1 is 1.23 bits per heavy atom. The quantitative estimate of drug-likeness (QED) is 0.860. The molecule has 1 aromatic heterocycles. The van der Waals surface area contributed by atoms with Crippen LogP contribution in [0.3, 0.4) is 0 Å². The van der Waals surface area contributed by atoms with Gasteiger partial charge in [0.2, 0.25) is 5.91 Å². The van der Waals surface area contributed by atoms with Crippen LogP contribution in [0.2, 0.25) is 0 Å². The Morgan fingerprint density at radius 3 is 2.77 bits per heavy atom. The lowest BCUT2D eigenvalue weighted by Crippen LogP contribution is -2.24. The molecule has 1 aromatic carbocycles. The van der Waals surface area contributed by atoms with Crippen molar-refractivity contribution in [1.82, 2.24) is 9.78 Å². The van der Waals surface area contributed by atoms with Crippen LogP contribution in [0.15, 0.2) is 29.1 Å². The molecule has 0 aliphatic carbocycles. The van der Waals surface area contributed by atoms with Crippen LogP contribution >= 0.6 is 11.8 Å². The van der Waals surface area contributed by atoms with Crippen molar-refractivity contribution in [3.8, 4) is 5.75 Å². The van der Waals surface area contributed by atoms with Gasteiger partial charge in [-0.25, -0.2) is 0 Å². The van der Waals surface area contributed by atoms with E-state index in [4.69, 9.17) is 9.47 Å². The van der Waals surface area contributed by atoms with Crippen LogP contribution in [0.4, 0.5) is 5.82 Å². The van der Waals surface area contributed by atoms with Crippen molar-refractivity contribution in [1.29, 1.82) is 0 Å². The number of rotatable bonds is 3. The number of nitrogens with one attached hydrogen (secondary N) is 2. The molecule has 8 heteroatoms. The Bertz CT molecular complexity index is 870. The van der Waals surface area contributed by atoms with Gasteiger partial charge in [0.1, 0.15) is 11.6 Å². The first-order valence-corrected chi connectivity index (χ1v) is 9.70. The number of hydrogen-bond donors (Lipinski definition) is 2. The average molecular weight is 375 g/mol. The van der Waals surface area contributed by atoms with Crippen LogP contribution in [0.1, 0.15) is 35.3 Å². The summed E-state index contributed by atoms with van der Waals surface area (Å²) in [5.74, 6) is 1.47. The second-order valence-corrected chi connectivity index (χ2v) is 7.49. The highest BCUT2D eigenvalue weighted by atomic mass is 32.2. The third-order valence-electron chi connectivity index (χ3n) is 4.84. The first-order chi connectivity index (χ1) is 12.7. The number of aromatic amines is 1. The third-order valence-corrected chi connectivity index (χ3v) is 6.09. The van der Waals surface area contributed by atoms with Crippen LogP contribution < -0.4 is 15.6 Å². The molecule has 2 aliphatic heterocycles. The predicted molar refractivity (Wildman–Crippen MR) is 100 cm³/mol. The van der Waals surface area contributed by atoms with Gasteiger partial charge in [0.25, 0.3) is 5.56 Å². The van der Waals surface area contributed by atoms with Gasteiger partial charge in [-0.2, -0.15) is 0 Å². The molecule has 0 unspecified atom stereocenters. The van der Waals surface area contributed by atoms with E-state index in [9.17, 15) is 9.59 Å². The van der Waals surface area contributed by atoms with Crippen molar-refractivity contribution < 1.29 is 14.3 Å². The van der Waals surface area contributed by atoms with E-state index >= 15 is 0 Å². The summed E-state index contributed by atoms with van der Waals surface area (Å²) in [5.41, 5.74) is 1.31. The van der Waals surface area contributed by atoms with Crippen molar-refractivity contribution >= 4 is 23.5 Å². The second-order valence-electron chi connectivity index (χ2n) is 6.40. The van der Waals surface area contributed by atoms with Gasteiger partial charge >= 0.3 is 0 Å². The van der Waals surface area contributed by atoms with E-state index in [0.29, 0.717) is 30.3 Å². The molecule has 26 heavy (non-hydrogen) atoms. The molecule has 0 bridgehead atoms. The number of hydrogen-bond acceptors (Lipinski definition) is 5. The Hall–Kier alpha value is -2.19. The summed E-state index contributed by atoms with van der Waals surface area (Å²) in [5, 5.41) is 5.61. The Balaban J connectivity index is 1.84. The summed E-state index contributed by atoms with van der Waals surface area (Å²) >= 11 is 1.44. The standard InChI is InChI=1S/C18H21N3O4S/c1-24-13-5-3-2-4-12(13)16-15-17(19-14(22)10-26-16)21(20-18(15)23)11-6-8-25-9-7-11/h2-5,11,16H,6-10H2,1H3,(H,19,22)(H,20,23)/t16-/m1/s1. The zero-order valence-electron chi connectivity index (χ0n) is 14.5. The zero-order valence-corrected chi connectivity index (χ0v) is 15.3. The highest BCUT2D eigenvalue weighted by molar-refractivity contribution is 8.00. The molecule has 0 radical (unpaired) electrons. The largest absolute Gasteiger partial charge is 0.496 e. The maximum Gasteiger partial charge on any atom is 0.270 e. The van der Waals surface area contributed by atoms with Crippen molar-refractivity contribution in [2.24, 2.45) is 0 Å². The Kier molecular flexibility index (Phi) is 4.78. The molecule has 138 valence electrons. The van der Waals surface area contributed by atoms with Gasteiger partial charge in [-0.1, -0.05) is 18.2 Å². The zero-order chi connectivity index (χ0) is 18.1. The normalized spacial score (nSPS) is 21.0. The molecule has 0 spiro atoms.